The fraction of sp³-hybridized carbons (Fsp3) is 0.522. The fourth-order valence-corrected chi connectivity index (χ4v) is 4.69. The number of hydrogen-bond donors (Lipinski definition) is 0. The van der Waals surface area contributed by atoms with E-state index in [1.807, 2.05) is 19.2 Å². The van der Waals surface area contributed by atoms with Crippen LogP contribution in [-0.2, 0) is 4.74 Å². The van der Waals surface area contributed by atoms with Gasteiger partial charge in [-0.05, 0) is 32.0 Å². The van der Waals surface area contributed by atoms with Crippen LogP contribution in [0, 0.1) is 6.92 Å². The molecule has 8 nitrogen and oxygen atoms in total. The molecule has 3 fully saturated rings. The molecule has 5 heterocycles. The Hall–Kier alpha value is -2.71. The minimum absolute atomic E-state index is 0.541. The maximum Gasteiger partial charge on any atom is 0.316 e. The van der Waals surface area contributed by atoms with Crippen molar-refractivity contribution in [3.63, 3.8) is 0 Å². The highest BCUT2D eigenvalue weighted by molar-refractivity contribution is 6.05. The molecule has 0 amide bonds. The second-order valence-corrected chi connectivity index (χ2v) is 8.91. The fourth-order valence-electron chi connectivity index (χ4n) is 4.69. The molecule has 0 spiro atoms. The van der Waals surface area contributed by atoms with E-state index in [-0.39, 0.29) is 0 Å². The molecule has 8 heteroatoms. The molecular weight excluding hydrogens is 390 g/mol. The zero-order chi connectivity index (χ0) is 20.9. The Bertz CT molecular complexity index is 1090. The van der Waals surface area contributed by atoms with Crippen molar-refractivity contribution in [1.82, 2.24) is 19.9 Å². The number of piperazine rings is 1. The molecule has 1 aliphatic carbocycles. The summed E-state index contributed by atoms with van der Waals surface area (Å²) in [6.07, 6.45) is 5.20. The van der Waals surface area contributed by atoms with Gasteiger partial charge >= 0.3 is 5.82 Å². The Balaban J connectivity index is 1.53. The van der Waals surface area contributed by atoms with Crippen LogP contribution >= 0.6 is 0 Å². The summed E-state index contributed by atoms with van der Waals surface area (Å²) in [7, 11) is 2.17. The molecule has 0 aromatic carbocycles. The standard InChI is InChI=1S/C23H28N7O/c1-15-25-22(29-11-9-28(2)10-12-29)20-23(26-15)30(17-7-13-31-14-17)21(27-20)18-4-3-8-24-19(18)16-5-6-16/h3-4,8,16H,5-7,9-14H2,1-2H3/q+1. The van der Waals surface area contributed by atoms with Crippen LogP contribution in [0.4, 0.5) is 17.3 Å². The van der Waals surface area contributed by atoms with Crippen molar-refractivity contribution in [2.24, 2.45) is 4.99 Å². The van der Waals surface area contributed by atoms with Gasteiger partial charge in [0.1, 0.15) is 0 Å². The predicted octanol–water partition coefficient (Wildman–Crippen LogP) is 2.41. The average molecular weight is 419 g/mol. The van der Waals surface area contributed by atoms with Gasteiger partial charge in [0, 0.05) is 51.6 Å². The SMILES string of the molecule is Cc1nc(N2CCN(C)CC2)c2c(n1)[N+](=C1CCOC1)C(c1cccnc1C1CC1)=N2. The highest BCUT2D eigenvalue weighted by atomic mass is 16.5. The summed E-state index contributed by atoms with van der Waals surface area (Å²) >= 11 is 0. The van der Waals surface area contributed by atoms with Crippen LogP contribution in [0.1, 0.15) is 42.3 Å². The second kappa shape index (κ2) is 7.46. The van der Waals surface area contributed by atoms with E-state index in [0.717, 1.165) is 79.4 Å². The number of likely N-dealkylation sites (N-methyl/N-ethyl adjacent to an activating group) is 1. The number of aryl methyl sites for hydroxylation is 1. The summed E-state index contributed by atoms with van der Waals surface area (Å²) in [6.45, 7) is 7.28. The Labute approximate surface area is 182 Å². The van der Waals surface area contributed by atoms with Crippen LogP contribution in [0.2, 0.25) is 0 Å². The van der Waals surface area contributed by atoms with Gasteiger partial charge in [0.2, 0.25) is 5.82 Å². The molecule has 0 radical (unpaired) electrons. The molecule has 0 bridgehead atoms. The zero-order valence-corrected chi connectivity index (χ0v) is 18.2. The maximum atomic E-state index is 5.74. The molecule has 2 aromatic heterocycles. The van der Waals surface area contributed by atoms with Gasteiger partial charge in [0.05, 0.1) is 30.2 Å². The molecule has 2 aromatic rings. The first-order chi connectivity index (χ1) is 15.2. The molecular formula is C23H28N7O+. The van der Waals surface area contributed by atoms with E-state index in [0.29, 0.717) is 12.5 Å². The van der Waals surface area contributed by atoms with Crippen molar-refractivity contribution in [1.29, 1.82) is 0 Å². The minimum atomic E-state index is 0.541. The van der Waals surface area contributed by atoms with Gasteiger partial charge in [-0.1, -0.05) is 9.98 Å². The number of fused-ring (bicyclic) bond motifs is 1. The number of aromatic nitrogens is 3. The van der Waals surface area contributed by atoms with Crippen LogP contribution in [0.5, 0.6) is 0 Å². The van der Waals surface area contributed by atoms with Crippen molar-refractivity contribution in [2.45, 2.75) is 32.1 Å². The Morgan fingerprint density at radius 2 is 1.97 bits per heavy atom. The number of anilines is 1. The lowest BCUT2D eigenvalue weighted by molar-refractivity contribution is -0.307. The van der Waals surface area contributed by atoms with E-state index in [2.05, 4.69) is 27.5 Å². The van der Waals surface area contributed by atoms with Gasteiger partial charge in [-0.15, -0.1) is 0 Å². The number of hydrogen-bond acceptors (Lipinski definition) is 7. The first kappa shape index (κ1) is 19.0. The van der Waals surface area contributed by atoms with Gasteiger partial charge in [0.25, 0.3) is 11.5 Å². The normalized spacial score (nSPS) is 23.9. The van der Waals surface area contributed by atoms with Gasteiger partial charge in [-0.2, -0.15) is 9.56 Å². The van der Waals surface area contributed by atoms with E-state index >= 15 is 0 Å². The third-order valence-corrected chi connectivity index (χ3v) is 6.57. The number of nitrogens with zero attached hydrogens (tertiary/aromatic N) is 7. The first-order valence-corrected chi connectivity index (χ1v) is 11.3. The zero-order valence-electron chi connectivity index (χ0n) is 18.2. The van der Waals surface area contributed by atoms with Crippen LogP contribution in [-0.4, -0.2) is 82.4 Å². The smallest absolute Gasteiger partial charge is 0.316 e. The van der Waals surface area contributed by atoms with Crippen molar-refractivity contribution in [2.75, 3.05) is 51.3 Å². The molecule has 160 valence electrons. The molecule has 1 saturated carbocycles. The quantitative estimate of drug-likeness (QED) is 0.713. The van der Waals surface area contributed by atoms with Gasteiger partial charge in [-0.25, -0.2) is 0 Å². The van der Waals surface area contributed by atoms with Crippen molar-refractivity contribution in [3.05, 3.63) is 35.4 Å². The summed E-state index contributed by atoms with van der Waals surface area (Å²) in [5, 5.41) is 0. The van der Waals surface area contributed by atoms with Crippen molar-refractivity contribution < 1.29 is 9.31 Å². The number of aliphatic imine (C=N–C) groups is 1. The Morgan fingerprint density at radius 1 is 1.13 bits per heavy atom. The van der Waals surface area contributed by atoms with Crippen LogP contribution in [0.25, 0.3) is 0 Å². The van der Waals surface area contributed by atoms with Crippen LogP contribution < -0.4 is 4.90 Å². The minimum Gasteiger partial charge on any atom is -0.374 e. The van der Waals surface area contributed by atoms with Crippen LogP contribution in [0.15, 0.2) is 23.3 Å². The van der Waals surface area contributed by atoms with Crippen molar-refractivity contribution in [3.8, 4) is 0 Å². The third-order valence-electron chi connectivity index (χ3n) is 6.57. The summed E-state index contributed by atoms with van der Waals surface area (Å²) in [6, 6.07) is 4.17. The molecule has 2 saturated heterocycles. The molecule has 4 aliphatic rings. The average Bonchev–Trinajstić information content (AvgIpc) is 3.35. The lowest BCUT2D eigenvalue weighted by atomic mass is 10.1. The summed E-state index contributed by atoms with van der Waals surface area (Å²) in [5.41, 5.74) is 4.37. The predicted molar refractivity (Wildman–Crippen MR) is 119 cm³/mol. The number of ether oxygens (including phenoxy) is 1. The molecule has 6 rings (SSSR count). The number of pyridine rings is 1. The van der Waals surface area contributed by atoms with Gasteiger partial charge < -0.3 is 14.5 Å². The third kappa shape index (κ3) is 3.34. The Morgan fingerprint density at radius 3 is 2.71 bits per heavy atom. The largest absolute Gasteiger partial charge is 0.374 e. The molecule has 31 heavy (non-hydrogen) atoms. The maximum absolute atomic E-state index is 5.74. The van der Waals surface area contributed by atoms with Gasteiger partial charge in [-0.3, -0.25) is 4.98 Å². The summed E-state index contributed by atoms with van der Waals surface area (Å²) in [4.78, 5) is 24.4. The van der Waals surface area contributed by atoms with E-state index in [1.54, 1.807) is 0 Å². The van der Waals surface area contributed by atoms with Crippen LogP contribution in [0.3, 0.4) is 0 Å². The highest BCUT2D eigenvalue weighted by Gasteiger charge is 2.41. The van der Waals surface area contributed by atoms with E-state index < -0.39 is 0 Å². The Kier molecular flexibility index (Phi) is 4.57. The second-order valence-electron chi connectivity index (χ2n) is 8.91. The highest BCUT2D eigenvalue weighted by Crippen LogP contribution is 2.45. The topological polar surface area (TPSA) is 69.8 Å². The van der Waals surface area contributed by atoms with E-state index in [4.69, 9.17) is 24.7 Å². The molecule has 0 N–H and O–H groups in total. The molecule has 0 atom stereocenters. The van der Waals surface area contributed by atoms with Crippen molar-refractivity contribution >= 4 is 28.9 Å². The summed E-state index contributed by atoms with van der Waals surface area (Å²) < 4.78 is 7.97. The number of rotatable bonds is 3. The lowest BCUT2D eigenvalue weighted by Crippen LogP contribution is -2.44. The molecule has 0 unspecified atom stereocenters. The van der Waals surface area contributed by atoms with Gasteiger partial charge in [0.15, 0.2) is 5.82 Å². The first-order valence-electron chi connectivity index (χ1n) is 11.3. The van der Waals surface area contributed by atoms with E-state index in [1.165, 1.54) is 18.6 Å². The summed E-state index contributed by atoms with van der Waals surface area (Å²) in [5.74, 6) is 4.09. The molecule has 3 aliphatic heterocycles. The monoisotopic (exact) mass is 418 g/mol. The lowest BCUT2D eigenvalue weighted by Gasteiger charge is -2.32. The van der Waals surface area contributed by atoms with E-state index in [9.17, 15) is 0 Å². The number of amidine groups is 1.